The first-order chi connectivity index (χ1) is 12.9. The molecule has 144 valence electrons. The van der Waals surface area contributed by atoms with Gasteiger partial charge in [0.25, 0.3) is 5.91 Å². The molecule has 3 rings (SSSR count). The molecule has 2 N–H and O–H groups in total. The Hall–Kier alpha value is -2.38. The van der Waals surface area contributed by atoms with Crippen molar-refractivity contribution in [3.63, 3.8) is 0 Å². The van der Waals surface area contributed by atoms with Gasteiger partial charge >= 0.3 is 0 Å². The molecule has 2 aromatic carbocycles. The lowest BCUT2D eigenvalue weighted by Gasteiger charge is -2.36. The van der Waals surface area contributed by atoms with E-state index in [0.29, 0.717) is 24.3 Å². The van der Waals surface area contributed by atoms with E-state index in [1.54, 1.807) is 24.3 Å². The van der Waals surface area contributed by atoms with Gasteiger partial charge in [-0.3, -0.25) is 9.52 Å². The molecule has 0 bridgehead atoms. The van der Waals surface area contributed by atoms with Gasteiger partial charge in [0.2, 0.25) is 10.0 Å². The average Bonchev–Trinajstić information content (AvgIpc) is 2.67. The van der Waals surface area contributed by atoms with Crippen molar-refractivity contribution < 1.29 is 13.2 Å². The first-order valence-corrected chi connectivity index (χ1v) is 10.9. The maximum absolute atomic E-state index is 13.1. The van der Waals surface area contributed by atoms with E-state index in [-0.39, 0.29) is 11.9 Å². The number of aryl methyl sites for hydroxylation is 1. The first kappa shape index (κ1) is 19.4. The quantitative estimate of drug-likeness (QED) is 0.826. The number of hydrogen-bond acceptors (Lipinski definition) is 4. The SMILES string of the molecule is CCc1ccc(C2CNCCN2C(=O)c2ccc(NS(C)(=O)=O)cc2)cc1. The third kappa shape index (κ3) is 4.87. The lowest BCUT2D eigenvalue weighted by Crippen LogP contribution is -2.48. The fraction of sp³-hybridized carbons (Fsp3) is 0.350. The van der Waals surface area contributed by atoms with Crippen LogP contribution < -0.4 is 10.0 Å². The topological polar surface area (TPSA) is 78.5 Å². The van der Waals surface area contributed by atoms with Crippen molar-refractivity contribution in [1.82, 2.24) is 10.2 Å². The van der Waals surface area contributed by atoms with Crippen molar-refractivity contribution in [1.29, 1.82) is 0 Å². The van der Waals surface area contributed by atoms with Gasteiger partial charge in [-0.2, -0.15) is 0 Å². The van der Waals surface area contributed by atoms with Crippen LogP contribution in [0.4, 0.5) is 5.69 Å². The molecule has 0 spiro atoms. The van der Waals surface area contributed by atoms with Crippen molar-refractivity contribution in [2.75, 3.05) is 30.6 Å². The number of nitrogens with zero attached hydrogens (tertiary/aromatic N) is 1. The summed E-state index contributed by atoms with van der Waals surface area (Å²) in [5.41, 5.74) is 3.38. The van der Waals surface area contributed by atoms with Crippen LogP contribution >= 0.6 is 0 Å². The normalized spacial score (nSPS) is 17.6. The second kappa shape index (κ2) is 8.10. The van der Waals surface area contributed by atoms with Crippen molar-refractivity contribution in [2.45, 2.75) is 19.4 Å². The third-order valence-corrected chi connectivity index (χ3v) is 5.32. The summed E-state index contributed by atoms with van der Waals surface area (Å²) in [6, 6.07) is 14.9. The smallest absolute Gasteiger partial charge is 0.254 e. The Morgan fingerprint density at radius 1 is 1.15 bits per heavy atom. The number of carbonyl (C=O) groups excluding carboxylic acids is 1. The Balaban J connectivity index is 1.80. The molecule has 1 aliphatic heterocycles. The Morgan fingerprint density at radius 3 is 2.41 bits per heavy atom. The van der Waals surface area contributed by atoms with E-state index in [9.17, 15) is 13.2 Å². The molecule has 1 heterocycles. The Morgan fingerprint density at radius 2 is 1.81 bits per heavy atom. The molecule has 1 unspecified atom stereocenters. The van der Waals surface area contributed by atoms with E-state index >= 15 is 0 Å². The van der Waals surface area contributed by atoms with Crippen LogP contribution in [-0.2, 0) is 16.4 Å². The van der Waals surface area contributed by atoms with Crippen molar-refractivity contribution >= 4 is 21.6 Å². The summed E-state index contributed by atoms with van der Waals surface area (Å²) in [6.07, 6.45) is 2.08. The molecule has 27 heavy (non-hydrogen) atoms. The summed E-state index contributed by atoms with van der Waals surface area (Å²) in [5.74, 6) is -0.0491. The van der Waals surface area contributed by atoms with Gasteiger partial charge in [-0.25, -0.2) is 8.42 Å². The third-order valence-electron chi connectivity index (χ3n) is 4.71. The molecule has 1 atom stereocenters. The number of anilines is 1. The minimum Gasteiger partial charge on any atom is -0.329 e. The maximum Gasteiger partial charge on any atom is 0.254 e. The monoisotopic (exact) mass is 387 g/mol. The van der Waals surface area contributed by atoms with Gasteiger partial charge in [-0.1, -0.05) is 31.2 Å². The van der Waals surface area contributed by atoms with Gasteiger partial charge in [0.05, 0.1) is 12.3 Å². The summed E-state index contributed by atoms with van der Waals surface area (Å²) < 4.78 is 25.0. The minimum absolute atomic E-state index is 0.0222. The second-order valence-corrected chi connectivity index (χ2v) is 8.51. The van der Waals surface area contributed by atoms with E-state index in [4.69, 9.17) is 0 Å². The van der Waals surface area contributed by atoms with E-state index in [1.165, 1.54) is 5.56 Å². The number of nitrogens with one attached hydrogen (secondary N) is 2. The summed E-state index contributed by atoms with van der Waals surface area (Å²) in [5, 5.41) is 3.36. The molecule has 1 fully saturated rings. The number of carbonyl (C=O) groups is 1. The Kier molecular flexibility index (Phi) is 5.82. The zero-order valence-electron chi connectivity index (χ0n) is 15.6. The predicted octanol–water partition coefficient (Wildman–Crippen LogP) is 2.41. The zero-order valence-corrected chi connectivity index (χ0v) is 16.4. The molecule has 0 aromatic heterocycles. The molecule has 0 aliphatic carbocycles. The Bertz CT molecular complexity index is 893. The van der Waals surface area contributed by atoms with E-state index in [2.05, 4.69) is 41.2 Å². The van der Waals surface area contributed by atoms with Crippen LogP contribution in [0.1, 0.15) is 34.5 Å². The van der Waals surface area contributed by atoms with E-state index in [0.717, 1.165) is 24.8 Å². The van der Waals surface area contributed by atoms with Gasteiger partial charge in [0.15, 0.2) is 0 Å². The number of amides is 1. The van der Waals surface area contributed by atoms with Crippen molar-refractivity contribution in [3.8, 4) is 0 Å². The first-order valence-electron chi connectivity index (χ1n) is 9.06. The molecule has 0 saturated carbocycles. The van der Waals surface area contributed by atoms with Crippen molar-refractivity contribution in [3.05, 3.63) is 65.2 Å². The Labute approximate surface area is 160 Å². The lowest BCUT2D eigenvalue weighted by atomic mass is 10.00. The zero-order chi connectivity index (χ0) is 19.4. The predicted molar refractivity (Wildman–Crippen MR) is 107 cm³/mol. The average molecular weight is 388 g/mol. The fourth-order valence-electron chi connectivity index (χ4n) is 3.28. The van der Waals surface area contributed by atoms with Crippen LogP contribution in [0, 0.1) is 0 Å². The number of sulfonamides is 1. The van der Waals surface area contributed by atoms with Gasteiger partial charge in [0, 0.05) is 30.9 Å². The number of piperazine rings is 1. The standard InChI is InChI=1S/C20H25N3O3S/c1-3-15-4-6-16(7-5-15)19-14-21-12-13-23(19)20(24)17-8-10-18(11-9-17)22-27(2,25)26/h4-11,19,21-22H,3,12-14H2,1-2H3. The largest absolute Gasteiger partial charge is 0.329 e. The second-order valence-electron chi connectivity index (χ2n) is 6.77. The molecule has 7 heteroatoms. The minimum atomic E-state index is -3.33. The van der Waals surface area contributed by atoms with Crippen LogP contribution in [-0.4, -0.2) is 45.1 Å². The van der Waals surface area contributed by atoms with Gasteiger partial charge in [-0.15, -0.1) is 0 Å². The molecule has 1 amide bonds. The highest BCUT2D eigenvalue weighted by Crippen LogP contribution is 2.25. The van der Waals surface area contributed by atoms with E-state index < -0.39 is 10.0 Å². The summed E-state index contributed by atoms with van der Waals surface area (Å²) >= 11 is 0. The van der Waals surface area contributed by atoms with Crippen LogP contribution in [0.15, 0.2) is 48.5 Å². The van der Waals surface area contributed by atoms with Crippen LogP contribution in [0.2, 0.25) is 0 Å². The summed E-state index contributed by atoms with van der Waals surface area (Å²) in [6.45, 7) is 4.21. The van der Waals surface area contributed by atoms with Crippen molar-refractivity contribution in [2.24, 2.45) is 0 Å². The lowest BCUT2D eigenvalue weighted by molar-refractivity contribution is 0.0634. The van der Waals surface area contributed by atoms with Crippen LogP contribution in [0.25, 0.3) is 0 Å². The highest BCUT2D eigenvalue weighted by molar-refractivity contribution is 7.92. The van der Waals surface area contributed by atoms with E-state index in [1.807, 2.05) is 4.90 Å². The molecule has 1 saturated heterocycles. The van der Waals surface area contributed by atoms with Crippen LogP contribution in [0.3, 0.4) is 0 Å². The van der Waals surface area contributed by atoms with Gasteiger partial charge in [0.1, 0.15) is 0 Å². The number of rotatable bonds is 5. The summed E-state index contributed by atoms with van der Waals surface area (Å²) in [7, 11) is -3.33. The summed E-state index contributed by atoms with van der Waals surface area (Å²) in [4.78, 5) is 14.9. The number of hydrogen-bond donors (Lipinski definition) is 2. The molecule has 2 aromatic rings. The highest BCUT2D eigenvalue weighted by atomic mass is 32.2. The van der Waals surface area contributed by atoms with Gasteiger partial charge in [-0.05, 0) is 41.8 Å². The molecule has 0 radical (unpaired) electrons. The fourth-order valence-corrected chi connectivity index (χ4v) is 3.85. The molecule has 1 aliphatic rings. The van der Waals surface area contributed by atoms with Crippen LogP contribution in [0.5, 0.6) is 0 Å². The maximum atomic E-state index is 13.1. The van der Waals surface area contributed by atoms with Gasteiger partial charge < -0.3 is 10.2 Å². The number of benzene rings is 2. The molecular formula is C20H25N3O3S. The molecular weight excluding hydrogens is 362 g/mol. The highest BCUT2D eigenvalue weighted by Gasteiger charge is 2.28. The molecule has 6 nitrogen and oxygen atoms in total.